The molecule has 11 heavy (non-hydrogen) atoms. The van der Waals surface area contributed by atoms with E-state index in [4.69, 9.17) is 5.73 Å². The molecule has 0 unspecified atom stereocenters. The number of allylic oxidation sites excluding steroid dienone is 1. The van der Waals surface area contributed by atoms with Crippen LogP contribution in [0.5, 0.6) is 0 Å². The third-order valence-corrected chi connectivity index (χ3v) is 2.79. The Hall–Kier alpha value is -1.04. The largest absolute Gasteiger partial charge is 0.479 e. The van der Waals surface area contributed by atoms with E-state index in [1.165, 1.54) is 14.0 Å². The molecule has 0 fully saturated rings. The molecule has 0 aromatic rings. The topological polar surface area (TPSA) is 81.8 Å². The van der Waals surface area contributed by atoms with Crippen molar-refractivity contribution in [1.82, 2.24) is 0 Å². The molecule has 0 aromatic heterocycles. The second kappa shape index (κ2) is 2.23. The van der Waals surface area contributed by atoms with Crippen molar-refractivity contribution in [3.05, 3.63) is 10.6 Å². The third kappa shape index (κ3) is 1.09. The van der Waals surface area contributed by atoms with Crippen LogP contribution in [0.1, 0.15) is 6.92 Å². The molecule has 2 N–H and O–H groups in total. The lowest BCUT2D eigenvalue weighted by atomic mass is 10.4. The molecule has 1 aliphatic rings. The number of methoxy groups -OCH3 is 1. The molecule has 6 heteroatoms. The van der Waals surface area contributed by atoms with Gasteiger partial charge >= 0.3 is 0 Å². The maximum absolute atomic E-state index is 10.9. The predicted octanol–water partition coefficient (Wildman–Crippen LogP) is -0.435. The zero-order valence-electron chi connectivity index (χ0n) is 6.16. The highest BCUT2D eigenvalue weighted by atomic mass is 32.2. The molecule has 0 aromatic carbocycles. The maximum Gasteiger partial charge on any atom is 0.283 e. The molecule has 0 saturated heterocycles. The van der Waals surface area contributed by atoms with Gasteiger partial charge in [0.25, 0.3) is 10.0 Å². The number of nitrogens with two attached hydrogens (primary N) is 1. The number of hydrogen-bond acceptors (Lipinski definition) is 4. The van der Waals surface area contributed by atoms with Crippen LogP contribution in [0.2, 0.25) is 0 Å². The van der Waals surface area contributed by atoms with E-state index in [0.717, 1.165) is 0 Å². The molecule has 0 spiro atoms. The highest BCUT2D eigenvalue weighted by Crippen LogP contribution is 2.19. The molecule has 5 nitrogen and oxygen atoms in total. The average molecular weight is 176 g/mol. The first-order chi connectivity index (χ1) is 4.99. The number of hydrogen-bond donors (Lipinski definition) is 1. The molecule has 0 bridgehead atoms. The van der Waals surface area contributed by atoms with Gasteiger partial charge in [-0.2, -0.15) is 8.42 Å². The van der Waals surface area contributed by atoms with E-state index in [1.54, 1.807) is 0 Å². The van der Waals surface area contributed by atoms with Crippen molar-refractivity contribution in [3.63, 3.8) is 0 Å². The van der Waals surface area contributed by atoms with E-state index in [2.05, 4.69) is 9.13 Å². The zero-order valence-corrected chi connectivity index (χ0v) is 6.97. The zero-order chi connectivity index (χ0) is 8.65. The Kier molecular flexibility index (Phi) is 1.63. The SMILES string of the molecule is COC1=NS(=O)(=O)C(C)=C1N. The van der Waals surface area contributed by atoms with Crippen molar-refractivity contribution < 1.29 is 13.2 Å². The van der Waals surface area contributed by atoms with Crippen LogP contribution in [0, 0.1) is 0 Å². The van der Waals surface area contributed by atoms with Gasteiger partial charge in [0.2, 0.25) is 5.90 Å². The number of nitrogens with zero attached hydrogens (tertiary/aromatic N) is 1. The van der Waals surface area contributed by atoms with Crippen LogP contribution in [-0.4, -0.2) is 21.4 Å². The number of sulfonamides is 1. The van der Waals surface area contributed by atoms with E-state index in [9.17, 15) is 8.42 Å². The molecular formula is C5H8N2O3S. The van der Waals surface area contributed by atoms with Crippen LogP contribution in [0.4, 0.5) is 0 Å². The molecule has 1 aliphatic heterocycles. The molecule has 0 atom stereocenters. The number of rotatable bonds is 0. The number of ether oxygens (including phenoxy) is 1. The average Bonchev–Trinajstić information content (AvgIpc) is 2.13. The summed E-state index contributed by atoms with van der Waals surface area (Å²) < 4.78 is 29.8. The van der Waals surface area contributed by atoms with E-state index >= 15 is 0 Å². The Balaban J connectivity index is 3.29. The van der Waals surface area contributed by atoms with Gasteiger partial charge in [0.1, 0.15) is 5.70 Å². The standard InChI is InChI=1S/C5H8N2O3S/c1-3-4(6)5(10-2)7-11(3,8)9/h6H2,1-2H3. The predicted molar refractivity (Wildman–Crippen MR) is 40.3 cm³/mol. The van der Waals surface area contributed by atoms with Crippen LogP contribution in [0.3, 0.4) is 0 Å². The summed E-state index contributed by atoms with van der Waals surface area (Å²) in [6.45, 7) is 1.39. The Morgan fingerprint density at radius 2 is 2.09 bits per heavy atom. The normalized spacial score (nSPS) is 21.8. The van der Waals surface area contributed by atoms with Crippen LogP contribution < -0.4 is 5.73 Å². The summed E-state index contributed by atoms with van der Waals surface area (Å²) >= 11 is 0. The first-order valence-electron chi connectivity index (χ1n) is 2.84. The fraction of sp³-hybridized carbons (Fsp3) is 0.400. The van der Waals surface area contributed by atoms with Crippen LogP contribution in [-0.2, 0) is 14.8 Å². The summed E-state index contributed by atoms with van der Waals surface area (Å²) in [7, 11) is -2.20. The van der Waals surface area contributed by atoms with Gasteiger partial charge in [0.05, 0.1) is 12.0 Å². The van der Waals surface area contributed by atoms with Crippen molar-refractivity contribution >= 4 is 15.9 Å². The summed E-state index contributed by atoms with van der Waals surface area (Å²) in [5.41, 5.74) is 5.44. The van der Waals surface area contributed by atoms with Gasteiger partial charge in [-0.25, -0.2) is 0 Å². The fourth-order valence-corrected chi connectivity index (χ4v) is 1.56. The summed E-state index contributed by atoms with van der Waals surface area (Å²) in [5, 5.41) is 0. The summed E-state index contributed by atoms with van der Waals surface area (Å²) in [6.07, 6.45) is 0. The fourth-order valence-electron chi connectivity index (χ4n) is 0.664. The van der Waals surface area contributed by atoms with Crippen LogP contribution in [0.25, 0.3) is 0 Å². The molecule has 1 heterocycles. The van der Waals surface area contributed by atoms with Gasteiger partial charge in [-0.05, 0) is 6.92 Å². The van der Waals surface area contributed by atoms with Crippen molar-refractivity contribution in [2.24, 2.45) is 10.1 Å². The van der Waals surface area contributed by atoms with Crippen molar-refractivity contribution in [1.29, 1.82) is 0 Å². The first-order valence-corrected chi connectivity index (χ1v) is 4.28. The smallest absolute Gasteiger partial charge is 0.283 e. The van der Waals surface area contributed by atoms with E-state index in [1.807, 2.05) is 0 Å². The highest BCUT2D eigenvalue weighted by Gasteiger charge is 2.27. The minimum Gasteiger partial charge on any atom is -0.479 e. The van der Waals surface area contributed by atoms with E-state index in [0.29, 0.717) is 0 Å². The van der Waals surface area contributed by atoms with Gasteiger partial charge in [0.15, 0.2) is 0 Å². The van der Waals surface area contributed by atoms with Gasteiger partial charge in [0, 0.05) is 0 Å². The minimum absolute atomic E-state index is 0.0255. The van der Waals surface area contributed by atoms with Gasteiger partial charge in [-0.1, -0.05) is 0 Å². The monoisotopic (exact) mass is 176 g/mol. The maximum atomic E-state index is 10.9. The summed E-state index contributed by atoms with van der Waals surface area (Å²) in [6, 6.07) is 0. The lowest BCUT2D eigenvalue weighted by Crippen LogP contribution is -2.10. The minimum atomic E-state index is -3.52. The summed E-state index contributed by atoms with van der Waals surface area (Å²) in [5.74, 6) is -0.0255. The van der Waals surface area contributed by atoms with Crippen LogP contribution >= 0.6 is 0 Å². The molecule has 62 valence electrons. The van der Waals surface area contributed by atoms with Crippen molar-refractivity contribution in [3.8, 4) is 0 Å². The van der Waals surface area contributed by atoms with Crippen molar-refractivity contribution in [2.75, 3.05) is 7.11 Å². The molecule has 0 saturated carbocycles. The van der Waals surface area contributed by atoms with Gasteiger partial charge < -0.3 is 10.5 Å². The second-order valence-electron chi connectivity index (χ2n) is 2.05. The van der Waals surface area contributed by atoms with Crippen molar-refractivity contribution in [2.45, 2.75) is 6.92 Å². The Bertz CT molecular complexity index is 339. The highest BCUT2D eigenvalue weighted by molar-refractivity contribution is 7.94. The Labute approximate surface area is 64.6 Å². The van der Waals surface area contributed by atoms with Gasteiger partial charge in [-0.3, -0.25) is 0 Å². The molecular weight excluding hydrogens is 168 g/mol. The molecule has 0 aliphatic carbocycles. The quantitative estimate of drug-likeness (QED) is 0.542. The molecule has 0 radical (unpaired) electrons. The first kappa shape index (κ1) is 8.06. The van der Waals surface area contributed by atoms with E-state index in [-0.39, 0.29) is 16.5 Å². The molecule has 0 amide bonds. The van der Waals surface area contributed by atoms with E-state index < -0.39 is 10.0 Å². The summed E-state index contributed by atoms with van der Waals surface area (Å²) in [4.78, 5) is 0.0503. The lowest BCUT2D eigenvalue weighted by molar-refractivity contribution is 0.404. The second-order valence-corrected chi connectivity index (χ2v) is 3.79. The molecule has 1 rings (SSSR count). The third-order valence-electron chi connectivity index (χ3n) is 1.39. The lowest BCUT2D eigenvalue weighted by Gasteiger charge is -1.95. The Morgan fingerprint density at radius 1 is 1.55 bits per heavy atom. The van der Waals surface area contributed by atoms with Crippen LogP contribution in [0.15, 0.2) is 15.0 Å². The Morgan fingerprint density at radius 3 is 2.27 bits per heavy atom. The van der Waals surface area contributed by atoms with Gasteiger partial charge in [-0.15, -0.1) is 4.40 Å².